The Labute approximate surface area is 151 Å². The van der Waals surface area contributed by atoms with Crippen molar-refractivity contribution in [2.75, 3.05) is 5.32 Å². The van der Waals surface area contributed by atoms with Crippen LogP contribution in [0.15, 0.2) is 61.1 Å². The van der Waals surface area contributed by atoms with E-state index in [1.54, 1.807) is 6.20 Å². The van der Waals surface area contributed by atoms with Gasteiger partial charge in [0.25, 0.3) is 0 Å². The molecular formula is C21H20N4O. The molecule has 4 aromatic rings. The van der Waals surface area contributed by atoms with Gasteiger partial charge in [-0.05, 0) is 43.7 Å². The highest BCUT2D eigenvalue weighted by Crippen LogP contribution is 2.22. The van der Waals surface area contributed by atoms with Gasteiger partial charge in [-0.1, -0.05) is 24.3 Å². The fourth-order valence-corrected chi connectivity index (χ4v) is 3.18. The van der Waals surface area contributed by atoms with E-state index >= 15 is 0 Å². The van der Waals surface area contributed by atoms with Crippen molar-refractivity contribution in [3.63, 3.8) is 0 Å². The third-order valence-corrected chi connectivity index (χ3v) is 4.47. The van der Waals surface area contributed by atoms with Crippen molar-refractivity contribution in [2.24, 2.45) is 0 Å². The summed E-state index contributed by atoms with van der Waals surface area (Å²) in [6.45, 7) is 4.25. The van der Waals surface area contributed by atoms with Gasteiger partial charge in [-0.2, -0.15) is 0 Å². The Balaban J connectivity index is 1.55. The summed E-state index contributed by atoms with van der Waals surface area (Å²) in [5.41, 5.74) is 4.48. The van der Waals surface area contributed by atoms with Crippen LogP contribution < -0.4 is 5.32 Å². The van der Waals surface area contributed by atoms with Crippen LogP contribution in [0.5, 0.6) is 0 Å². The maximum Gasteiger partial charge on any atom is 0.228 e. The molecule has 1 amide bonds. The lowest BCUT2D eigenvalue weighted by atomic mass is 10.1. The van der Waals surface area contributed by atoms with Crippen molar-refractivity contribution in [3.05, 3.63) is 66.6 Å². The van der Waals surface area contributed by atoms with Gasteiger partial charge in [-0.3, -0.25) is 9.78 Å². The van der Waals surface area contributed by atoms with Crippen LogP contribution in [0.3, 0.4) is 0 Å². The second-order valence-corrected chi connectivity index (χ2v) is 6.67. The van der Waals surface area contributed by atoms with E-state index in [1.165, 1.54) is 0 Å². The van der Waals surface area contributed by atoms with E-state index in [0.29, 0.717) is 12.5 Å². The molecule has 2 aromatic carbocycles. The van der Waals surface area contributed by atoms with Gasteiger partial charge in [0.2, 0.25) is 5.91 Å². The molecule has 0 saturated carbocycles. The Morgan fingerprint density at radius 1 is 1.12 bits per heavy atom. The smallest absolute Gasteiger partial charge is 0.228 e. The second kappa shape index (κ2) is 6.59. The zero-order valence-corrected chi connectivity index (χ0v) is 14.8. The zero-order valence-electron chi connectivity index (χ0n) is 14.8. The predicted molar refractivity (Wildman–Crippen MR) is 104 cm³/mol. The van der Waals surface area contributed by atoms with Crippen molar-refractivity contribution in [1.82, 2.24) is 14.5 Å². The monoisotopic (exact) mass is 344 g/mol. The van der Waals surface area contributed by atoms with Gasteiger partial charge in [0, 0.05) is 17.6 Å². The van der Waals surface area contributed by atoms with E-state index in [1.807, 2.05) is 54.9 Å². The summed E-state index contributed by atoms with van der Waals surface area (Å²) < 4.78 is 2.13. The molecule has 0 aliphatic rings. The van der Waals surface area contributed by atoms with Crippen molar-refractivity contribution in [1.29, 1.82) is 0 Å². The van der Waals surface area contributed by atoms with Gasteiger partial charge in [0.15, 0.2) is 0 Å². The SMILES string of the molecule is CC(C)n1cnc2cc(CC(=O)Nc3cccc4cccnc34)ccc21. The average molecular weight is 344 g/mol. The second-order valence-electron chi connectivity index (χ2n) is 6.67. The van der Waals surface area contributed by atoms with Crippen LogP contribution in [0, 0.1) is 0 Å². The third-order valence-electron chi connectivity index (χ3n) is 4.47. The Morgan fingerprint density at radius 3 is 2.81 bits per heavy atom. The van der Waals surface area contributed by atoms with Crippen LogP contribution in [-0.2, 0) is 11.2 Å². The molecule has 0 saturated heterocycles. The number of nitrogens with one attached hydrogen (secondary N) is 1. The molecule has 0 spiro atoms. The fourth-order valence-electron chi connectivity index (χ4n) is 3.18. The van der Waals surface area contributed by atoms with Crippen LogP contribution in [0.1, 0.15) is 25.5 Å². The Hall–Kier alpha value is -3.21. The number of pyridine rings is 1. The summed E-state index contributed by atoms with van der Waals surface area (Å²) >= 11 is 0. The number of anilines is 1. The molecule has 26 heavy (non-hydrogen) atoms. The molecule has 1 N–H and O–H groups in total. The number of benzene rings is 2. The Morgan fingerprint density at radius 2 is 1.96 bits per heavy atom. The van der Waals surface area contributed by atoms with Crippen molar-refractivity contribution in [2.45, 2.75) is 26.3 Å². The Kier molecular flexibility index (Phi) is 4.13. The maximum atomic E-state index is 12.5. The normalized spacial score (nSPS) is 11.3. The molecular weight excluding hydrogens is 324 g/mol. The third kappa shape index (κ3) is 3.04. The van der Waals surface area contributed by atoms with Crippen LogP contribution in [0.2, 0.25) is 0 Å². The fraction of sp³-hybridized carbons (Fsp3) is 0.190. The van der Waals surface area contributed by atoms with E-state index in [2.05, 4.69) is 33.7 Å². The highest BCUT2D eigenvalue weighted by atomic mass is 16.1. The molecule has 130 valence electrons. The number of aromatic nitrogens is 3. The zero-order chi connectivity index (χ0) is 18.1. The molecule has 4 rings (SSSR count). The lowest BCUT2D eigenvalue weighted by Crippen LogP contribution is -2.14. The minimum absolute atomic E-state index is 0.0641. The van der Waals surface area contributed by atoms with Gasteiger partial charge >= 0.3 is 0 Å². The van der Waals surface area contributed by atoms with E-state index in [4.69, 9.17) is 0 Å². The summed E-state index contributed by atoms with van der Waals surface area (Å²) in [6, 6.07) is 16.0. The molecule has 2 aromatic heterocycles. The standard InChI is InChI=1S/C21H20N4O/c1-14(2)25-13-23-18-11-15(8-9-19(18)25)12-20(26)24-17-7-3-5-16-6-4-10-22-21(16)17/h3-11,13-14H,12H2,1-2H3,(H,24,26). The number of rotatable bonds is 4. The number of carbonyl (C=O) groups is 1. The molecule has 0 bridgehead atoms. The molecule has 0 atom stereocenters. The van der Waals surface area contributed by atoms with Gasteiger partial charge in [-0.15, -0.1) is 0 Å². The number of para-hydroxylation sites is 1. The summed E-state index contributed by atoms with van der Waals surface area (Å²) in [5, 5.41) is 3.98. The summed E-state index contributed by atoms with van der Waals surface area (Å²) in [7, 11) is 0. The molecule has 0 unspecified atom stereocenters. The number of fused-ring (bicyclic) bond motifs is 2. The van der Waals surface area contributed by atoms with E-state index < -0.39 is 0 Å². The largest absolute Gasteiger partial charge is 0.328 e. The predicted octanol–water partition coefficient (Wildman–Crippen LogP) is 4.35. The minimum atomic E-state index is -0.0641. The molecule has 0 aliphatic carbocycles. The molecule has 0 radical (unpaired) electrons. The highest BCUT2D eigenvalue weighted by Gasteiger charge is 2.10. The summed E-state index contributed by atoms with van der Waals surface area (Å²) in [4.78, 5) is 21.3. The van der Waals surface area contributed by atoms with Gasteiger partial charge in [0.05, 0.1) is 35.0 Å². The number of carbonyl (C=O) groups excluding carboxylic acids is 1. The molecule has 2 heterocycles. The summed E-state index contributed by atoms with van der Waals surface area (Å²) in [5.74, 6) is -0.0641. The first-order valence-electron chi connectivity index (χ1n) is 8.71. The van der Waals surface area contributed by atoms with Crippen LogP contribution in [-0.4, -0.2) is 20.4 Å². The number of hydrogen-bond donors (Lipinski definition) is 1. The van der Waals surface area contributed by atoms with Gasteiger partial charge in [-0.25, -0.2) is 4.98 Å². The van der Waals surface area contributed by atoms with Crippen LogP contribution in [0.25, 0.3) is 21.9 Å². The molecule has 5 heteroatoms. The van der Waals surface area contributed by atoms with E-state index in [0.717, 1.165) is 33.2 Å². The number of amides is 1. The van der Waals surface area contributed by atoms with E-state index in [9.17, 15) is 4.79 Å². The number of imidazole rings is 1. The Bertz CT molecular complexity index is 1090. The molecule has 5 nitrogen and oxygen atoms in total. The minimum Gasteiger partial charge on any atom is -0.328 e. The first kappa shape index (κ1) is 16.3. The van der Waals surface area contributed by atoms with Crippen molar-refractivity contribution < 1.29 is 4.79 Å². The molecule has 0 aliphatic heterocycles. The highest BCUT2D eigenvalue weighted by molar-refractivity contribution is 6.01. The first-order chi connectivity index (χ1) is 12.6. The van der Waals surface area contributed by atoms with E-state index in [-0.39, 0.29) is 5.91 Å². The lowest BCUT2D eigenvalue weighted by molar-refractivity contribution is -0.115. The number of nitrogens with zero attached hydrogens (tertiary/aromatic N) is 3. The average Bonchev–Trinajstić information content (AvgIpc) is 3.05. The van der Waals surface area contributed by atoms with Gasteiger partial charge in [0.1, 0.15) is 0 Å². The topological polar surface area (TPSA) is 59.8 Å². The number of hydrogen-bond acceptors (Lipinski definition) is 3. The summed E-state index contributed by atoms with van der Waals surface area (Å²) in [6.07, 6.45) is 3.88. The van der Waals surface area contributed by atoms with Crippen molar-refractivity contribution >= 4 is 33.5 Å². The van der Waals surface area contributed by atoms with Crippen molar-refractivity contribution in [3.8, 4) is 0 Å². The maximum absolute atomic E-state index is 12.5. The molecule has 0 fully saturated rings. The van der Waals surface area contributed by atoms with Gasteiger partial charge < -0.3 is 9.88 Å². The first-order valence-corrected chi connectivity index (χ1v) is 8.71. The van der Waals surface area contributed by atoms with Crippen LogP contribution >= 0.6 is 0 Å². The quantitative estimate of drug-likeness (QED) is 0.599. The van der Waals surface area contributed by atoms with Crippen LogP contribution in [0.4, 0.5) is 5.69 Å². The lowest BCUT2D eigenvalue weighted by Gasteiger charge is -2.09.